The molecule has 0 saturated carbocycles. The molecule has 1 aromatic rings. The summed E-state index contributed by atoms with van der Waals surface area (Å²) in [6.07, 6.45) is 6.13. The Morgan fingerprint density at radius 3 is 3.08 bits per heavy atom. The number of rotatable bonds is 5. The van der Waals surface area contributed by atoms with Crippen molar-refractivity contribution in [3.8, 4) is 5.75 Å². The molecule has 0 aromatic carbocycles. The van der Waals surface area contributed by atoms with Gasteiger partial charge in [0.1, 0.15) is 12.0 Å². The highest BCUT2D eigenvalue weighted by molar-refractivity contribution is 5.19. The third-order valence-corrected chi connectivity index (χ3v) is 1.66. The van der Waals surface area contributed by atoms with Crippen molar-refractivity contribution < 1.29 is 9.15 Å². The first-order valence-corrected chi connectivity index (χ1v) is 4.01. The van der Waals surface area contributed by atoms with E-state index >= 15 is 0 Å². The standard InChI is InChI=1S/C10H13O2/c1-3-4-5-6-9-7-10(11-2)8-12-9/h1,3,7-8H,4-6H2,2H3. The van der Waals surface area contributed by atoms with E-state index < -0.39 is 0 Å². The number of methoxy groups -OCH3 is 1. The van der Waals surface area contributed by atoms with Crippen molar-refractivity contribution in [2.24, 2.45) is 0 Å². The van der Waals surface area contributed by atoms with E-state index in [1.54, 1.807) is 19.4 Å². The molecule has 0 N–H and O–H groups in total. The van der Waals surface area contributed by atoms with Crippen molar-refractivity contribution >= 4 is 0 Å². The van der Waals surface area contributed by atoms with Gasteiger partial charge >= 0.3 is 0 Å². The Labute approximate surface area is 72.8 Å². The van der Waals surface area contributed by atoms with Gasteiger partial charge in [-0.15, -0.1) is 0 Å². The Bertz CT molecular complexity index is 238. The monoisotopic (exact) mass is 165 g/mol. The summed E-state index contributed by atoms with van der Waals surface area (Å²) in [5, 5.41) is 0. The van der Waals surface area contributed by atoms with Gasteiger partial charge in [0.25, 0.3) is 0 Å². The zero-order valence-corrected chi connectivity index (χ0v) is 7.25. The number of ether oxygens (including phenoxy) is 1. The first kappa shape index (κ1) is 8.91. The predicted molar refractivity (Wildman–Crippen MR) is 47.1 cm³/mol. The van der Waals surface area contributed by atoms with Gasteiger partial charge in [-0.25, -0.2) is 0 Å². The lowest BCUT2D eigenvalue weighted by Crippen LogP contribution is -1.80. The maximum atomic E-state index is 5.24. The molecule has 0 aliphatic rings. The highest BCUT2D eigenvalue weighted by Gasteiger charge is 1.99. The van der Waals surface area contributed by atoms with Gasteiger partial charge in [-0.05, 0) is 12.8 Å². The lowest BCUT2D eigenvalue weighted by molar-refractivity contribution is 0.404. The molecular weight excluding hydrogens is 152 g/mol. The molecule has 1 aromatic heterocycles. The first-order chi connectivity index (χ1) is 5.86. The van der Waals surface area contributed by atoms with Crippen LogP contribution in [0.5, 0.6) is 5.75 Å². The minimum Gasteiger partial charge on any atom is -0.493 e. The van der Waals surface area contributed by atoms with Gasteiger partial charge in [-0.1, -0.05) is 12.7 Å². The highest BCUT2D eigenvalue weighted by atomic mass is 16.5. The molecule has 2 nitrogen and oxygen atoms in total. The molecule has 2 heteroatoms. The summed E-state index contributed by atoms with van der Waals surface area (Å²) < 4.78 is 10.2. The number of allylic oxidation sites excluding steroid dienone is 1. The zero-order chi connectivity index (χ0) is 8.81. The van der Waals surface area contributed by atoms with E-state index in [9.17, 15) is 0 Å². The van der Waals surface area contributed by atoms with Gasteiger partial charge in [-0.2, -0.15) is 0 Å². The molecule has 0 amide bonds. The van der Waals surface area contributed by atoms with Crippen LogP contribution in [0.1, 0.15) is 18.6 Å². The van der Waals surface area contributed by atoms with Crippen molar-refractivity contribution in [2.75, 3.05) is 7.11 Å². The first-order valence-electron chi connectivity index (χ1n) is 4.01. The minimum atomic E-state index is 0.779. The number of furan rings is 1. The van der Waals surface area contributed by atoms with Crippen LogP contribution in [-0.2, 0) is 6.42 Å². The molecule has 0 fully saturated rings. The molecule has 0 spiro atoms. The van der Waals surface area contributed by atoms with Crippen LogP contribution in [0.15, 0.2) is 22.8 Å². The average Bonchev–Trinajstić information content (AvgIpc) is 2.53. The number of hydrogen-bond donors (Lipinski definition) is 0. The fraction of sp³-hybridized carbons (Fsp3) is 0.400. The van der Waals surface area contributed by atoms with Gasteiger partial charge < -0.3 is 9.15 Å². The van der Waals surface area contributed by atoms with Crippen LogP contribution in [0.4, 0.5) is 0 Å². The second-order valence-corrected chi connectivity index (χ2v) is 2.58. The number of unbranched alkanes of at least 4 members (excludes halogenated alkanes) is 1. The van der Waals surface area contributed by atoms with Crippen molar-refractivity contribution in [3.05, 3.63) is 30.7 Å². The van der Waals surface area contributed by atoms with Crippen LogP contribution < -0.4 is 4.74 Å². The minimum absolute atomic E-state index is 0.779. The van der Waals surface area contributed by atoms with Crippen LogP contribution in [0.3, 0.4) is 0 Å². The van der Waals surface area contributed by atoms with E-state index in [2.05, 4.69) is 0 Å². The fourth-order valence-corrected chi connectivity index (χ4v) is 0.993. The smallest absolute Gasteiger partial charge is 0.157 e. The van der Waals surface area contributed by atoms with E-state index in [1.807, 2.05) is 6.07 Å². The molecule has 0 atom stereocenters. The van der Waals surface area contributed by atoms with Crippen molar-refractivity contribution in [1.82, 2.24) is 0 Å². The molecule has 0 aliphatic carbocycles. The Morgan fingerprint density at radius 1 is 1.67 bits per heavy atom. The van der Waals surface area contributed by atoms with Crippen molar-refractivity contribution in [3.63, 3.8) is 0 Å². The Morgan fingerprint density at radius 2 is 2.50 bits per heavy atom. The third-order valence-electron chi connectivity index (χ3n) is 1.66. The molecule has 1 radical (unpaired) electrons. The van der Waals surface area contributed by atoms with Crippen LogP contribution >= 0.6 is 0 Å². The molecule has 0 bridgehead atoms. The third kappa shape index (κ3) is 2.46. The Balaban J connectivity index is 2.36. The van der Waals surface area contributed by atoms with E-state index in [1.165, 1.54) is 0 Å². The van der Waals surface area contributed by atoms with Crippen LogP contribution in [-0.4, -0.2) is 7.11 Å². The van der Waals surface area contributed by atoms with Crippen LogP contribution in [0, 0.1) is 6.58 Å². The quantitative estimate of drug-likeness (QED) is 0.626. The van der Waals surface area contributed by atoms with Crippen LogP contribution in [0.25, 0.3) is 0 Å². The van der Waals surface area contributed by atoms with Crippen molar-refractivity contribution in [1.29, 1.82) is 0 Å². The summed E-state index contributed by atoms with van der Waals surface area (Å²) in [4.78, 5) is 0. The van der Waals surface area contributed by atoms with Gasteiger partial charge in [0.2, 0.25) is 0 Å². The summed E-state index contributed by atoms with van der Waals surface area (Å²) in [6.45, 7) is 5.24. The van der Waals surface area contributed by atoms with Gasteiger partial charge in [0, 0.05) is 12.5 Å². The van der Waals surface area contributed by atoms with E-state index in [-0.39, 0.29) is 0 Å². The van der Waals surface area contributed by atoms with Crippen molar-refractivity contribution in [2.45, 2.75) is 19.3 Å². The van der Waals surface area contributed by atoms with E-state index in [0.29, 0.717) is 0 Å². The average molecular weight is 165 g/mol. The van der Waals surface area contributed by atoms with Gasteiger partial charge in [0.05, 0.1) is 7.11 Å². The molecule has 1 rings (SSSR count). The lowest BCUT2D eigenvalue weighted by atomic mass is 10.2. The molecule has 0 unspecified atom stereocenters. The molecular formula is C10H13O2. The highest BCUT2D eigenvalue weighted by Crippen LogP contribution is 2.16. The Kier molecular flexibility index (Phi) is 3.45. The molecule has 65 valence electrons. The predicted octanol–water partition coefficient (Wildman–Crippen LogP) is 2.60. The van der Waals surface area contributed by atoms with E-state index in [4.69, 9.17) is 15.7 Å². The molecule has 12 heavy (non-hydrogen) atoms. The zero-order valence-electron chi connectivity index (χ0n) is 7.25. The second-order valence-electron chi connectivity index (χ2n) is 2.58. The topological polar surface area (TPSA) is 22.4 Å². The van der Waals surface area contributed by atoms with Crippen LogP contribution in [0.2, 0.25) is 0 Å². The number of hydrogen-bond acceptors (Lipinski definition) is 2. The largest absolute Gasteiger partial charge is 0.493 e. The second kappa shape index (κ2) is 4.65. The Hall–Kier alpha value is -1.18. The maximum absolute atomic E-state index is 5.24. The molecule has 0 aliphatic heterocycles. The lowest BCUT2D eigenvalue weighted by Gasteiger charge is -1.91. The fourth-order valence-electron chi connectivity index (χ4n) is 0.993. The van der Waals surface area contributed by atoms with Gasteiger partial charge in [-0.3, -0.25) is 0 Å². The SMILES string of the molecule is [CH]=CCCCc1cc(OC)co1. The molecule has 1 heterocycles. The summed E-state index contributed by atoms with van der Waals surface area (Å²) in [5.74, 6) is 1.73. The molecule has 0 saturated heterocycles. The van der Waals surface area contributed by atoms with Gasteiger partial charge in [0.15, 0.2) is 5.75 Å². The summed E-state index contributed by atoms with van der Waals surface area (Å²) in [6, 6.07) is 1.90. The summed E-state index contributed by atoms with van der Waals surface area (Å²) in [5.41, 5.74) is 0. The summed E-state index contributed by atoms with van der Waals surface area (Å²) >= 11 is 0. The summed E-state index contributed by atoms with van der Waals surface area (Å²) in [7, 11) is 1.63. The number of aryl methyl sites for hydroxylation is 1. The maximum Gasteiger partial charge on any atom is 0.157 e. The normalized spacial score (nSPS) is 9.75. The van der Waals surface area contributed by atoms with E-state index in [0.717, 1.165) is 30.8 Å².